The molecule has 1 aromatic heterocycles. The summed E-state index contributed by atoms with van der Waals surface area (Å²) >= 11 is 1.31. The third-order valence-corrected chi connectivity index (χ3v) is 5.71. The van der Waals surface area contributed by atoms with E-state index in [0.717, 1.165) is 31.4 Å². The van der Waals surface area contributed by atoms with Gasteiger partial charge in [-0.3, -0.25) is 4.72 Å². The van der Waals surface area contributed by atoms with Crippen LogP contribution >= 0.6 is 23.7 Å². The van der Waals surface area contributed by atoms with Crippen LogP contribution in [0.25, 0.3) is 0 Å². The Hall–Kier alpha value is -0.370. The van der Waals surface area contributed by atoms with Crippen molar-refractivity contribution in [2.45, 2.75) is 36.5 Å². The Labute approximate surface area is 110 Å². The zero-order chi connectivity index (χ0) is 11.4. The van der Waals surface area contributed by atoms with Gasteiger partial charge in [-0.2, -0.15) is 0 Å². The second-order valence-corrected chi connectivity index (χ2v) is 7.36. The smallest absolute Gasteiger partial charge is 0.237 e. The minimum atomic E-state index is -3.19. The van der Waals surface area contributed by atoms with Gasteiger partial charge in [-0.15, -0.1) is 23.7 Å². The van der Waals surface area contributed by atoms with Crippen LogP contribution < -0.4 is 10.5 Å². The molecule has 0 aliphatic heterocycles. The normalized spacial score (nSPS) is 21.7. The number of aromatic nitrogens is 1. The van der Waals surface area contributed by atoms with Crippen molar-refractivity contribution in [2.75, 3.05) is 4.72 Å². The Bertz CT molecular complexity index is 520. The maximum Gasteiger partial charge on any atom is 0.237 e. The van der Waals surface area contributed by atoms with Gasteiger partial charge in [0.15, 0.2) is 5.13 Å². The zero-order valence-electron chi connectivity index (χ0n) is 9.05. The van der Waals surface area contributed by atoms with E-state index < -0.39 is 10.0 Å². The van der Waals surface area contributed by atoms with E-state index in [1.54, 1.807) is 0 Å². The van der Waals surface area contributed by atoms with Crippen LogP contribution in [-0.2, 0) is 15.6 Å². The largest absolute Gasteiger partial charge is 0.320 e. The first-order valence-corrected chi connectivity index (χ1v) is 7.69. The molecule has 2 aliphatic carbocycles. The molecular formula is C9H14ClN3O2S2. The number of nitrogens with zero attached hydrogens (tertiary/aromatic N) is 1. The van der Waals surface area contributed by atoms with Crippen molar-refractivity contribution in [3.63, 3.8) is 0 Å². The summed E-state index contributed by atoms with van der Waals surface area (Å²) in [6, 6.07) is 0. The number of sulfonamides is 1. The van der Waals surface area contributed by atoms with Gasteiger partial charge in [0, 0.05) is 5.38 Å². The Kier molecular flexibility index (Phi) is 3.14. The van der Waals surface area contributed by atoms with Crippen molar-refractivity contribution in [1.29, 1.82) is 0 Å². The lowest BCUT2D eigenvalue weighted by molar-refractivity contribution is 0.600. The summed E-state index contributed by atoms with van der Waals surface area (Å²) in [7, 11) is -3.19. The lowest BCUT2D eigenvalue weighted by Gasteiger charge is -2.04. The van der Waals surface area contributed by atoms with E-state index in [-0.39, 0.29) is 23.2 Å². The van der Waals surface area contributed by atoms with Crippen LogP contribution in [-0.4, -0.2) is 18.7 Å². The molecule has 0 saturated heterocycles. The molecule has 0 amide bonds. The molecule has 17 heavy (non-hydrogen) atoms. The fraction of sp³-hybridized carbons (Fsp3) is 0.667. The summed E-state index contributed by atoms with van der Waals surface area (Å²) in [4.78, 5) is 4.24. The van der Waals surface area contributed by atoms with Crippen molar-refractivity contribution in [2.24, 2.45) is 5.73 Å². The number of nitrogens with two attached hydrogens (primary N) is 1. The van der Waals surface area contributed by atoms with Crippen molar-refractivity contribution < 1.29 is 8.42 Å². The van der Waals surface area contributed by atoms with Crippen LogP contribution in [0.3, 0.4) is 0 Å². The number of anilines is 1. The summed E-state index contributed by atoms with van der Waals surface area (Å²) in [5.41, 5.74) is 6.50. The summed E-state index contributed by atoms with van der Waals surface area (Å²) in [6.45, 7) is 0. The number of hydrogen-bond acceptors (Lipinski definition) is 5. The average Bonchev–Trinajstić information content (AvgIpc) is 3.10. The maximum atomic E-state index is 11.7. The standard InChI is InChI=1S/C9H13N3O2S2.ClH/c10-9(3-4-9)7-5-15-8(11-7)12-16(13,14)6-1-2-6;/h5-6H,1-4,10H2,(H,11,12);1H. The second-order valence-electron chi connectivity index (χ2n) is 4.54. The lowest BCUT2D eigenvalue weighted by atomic mass is 10.2. The van der Waals surface area contributed by atoms with Gasteiger partial charge in [0.25, 0.3) is 0 Å². The molecule has 3 rings (SSSR count). The van der Waals surface area contributed by atoms with Gasteiger partial charge < -0.3 is 5.73 Å². The van der Waals surface area contributed by atoms with Gasteiger partial charge in [-0.05, 0) is 25.7 Å². The van der Waals surface area contributed by atoms with Gasteiger partial charge in [-0.25, -0.2) is 13.4 Å². The van der Waals surface area contributed by atoms with E-state index in [1.807, 2.05) is 5.38 Å². The lowest BCUT2D eigenvalue weighted by Crippen LogP contribution is -2.20. The Balaban J connectivity index is 0.00000108. The summed E-state index contributed by atoms with van der Waals surface area (Å²) in [5, 5.41) is 2.07. The highest BCUT2D eigenvalue weighted by Crippen LogP contribution is 2.43. The molecule has 0 atom stereocenters. The molecule has 5 nitrogen and oxygen atoms in total. The fourth-order valence-corrected chi connectivity index (χ4v) is 3.94. The quantitative estimate of drug-likeness (QED) is 0.879. The van der Waals surface area contributed by atoms with Crippen molar-refractivity contribution in [3.8, 4) is 0 Å². The number of rotatable bonds is 4. The van der Waals surface area contributed by atoms with Crippen LogP contribution in [0.2, 0.25) is 0 Å². The van der Waals surface area contributed by atoms with Gasteiger partial charge in [0.05, 0.1) is 16.5 Å². The number of hydrogen-bond donors (Lipinski definition) is 2. The second kappa shape index (κ2) is 4.08. The van der Waals surface area contributed by atoms with Crippen molar-refractivity contribution in [1.82, 2.24) is 4.98 Å². The molecule has 0 aromatic carbocycles. The molecule has 8 heteroatoms. The summed E-state index contributed by atoms with van der Waals surface area (Å²) < 4.78 is 25.8. The highest BCUT2D eigenvalue weighted by Gasteiger charge is 2.42. The Morgan fingerprint density at radius 3 is 2.65 bits per heavy atom. The SMILES string of the molecule is Cl.NC1(c2csc(NS(=O)(=O)C3CC3)n2)CC1. The first-order valence-electron chi connectivity index (χ1n) is 5.26. The molecule has 2 fully saturated rings. The number of nitrogens with one attached hydrogen (secondary N) is 1. The topological polar surface area (TPSA) is 85.1 Å². The summed E-state index contributed by atoms with van der Waals surface area (Å²) in [5.74, 6) is 0. The highest BCUT2D eigenvalue weighted by molar-refractivity contribution is 7.93. The monoisotopic (exact) mass is 295 g/mol. The predicted molar refractivity (Wildman–Crippen MR) is 70.0 cm³/mol. The Morgan fingerprint density at radius 1 is 1.47 bits per heavy atom. The van der Waals surface area contributed by atoms with E-state index in [4.69, 9.17) is 5.73 Å². The van der Waals surface area contributed by atoms with Crippen LogP contribution in [0, 0.1) is 0 Å². The van der Waals surface area contributed by atoms with Crippen LogP contribution in [0.15, 0.2) is 5.38 Å². The molecule has 2 saturated carbocycles. The minimum absolute atomic E-state index is 0. The molecule has 0 unspecified atom stereocenters. The average molecular weight is 296 g/mol. The number of thiazole rings is 1. The molecule has 0 bridgehead atoms. The van der Waals surface area contributed by atoms with E-state index in [1.165, 1.54) is 11.3 Å². The van der Waals surface area contributed by atoms with Gasteiger partial charge in [0.2, 0.25) is 10.0 Å². The molecule has 0 radical (unpaired) electrons. The number of halogens is 1. The molecule has 96 valence electrons. The van der Waals surface area contributed by atoms with Crippen LogP contribution in [0.1, 0.15) is 31.4 Å². The molecule has 1 aromatic rings. The van der Waals surface area contributed by atoms with E-state index in [9.17, 15) is 8.42 Å². The molecular weight excluding hydrogens is 282 g/mol. The van der Waals surface area contributed by atoms with Gasteiger partial charge in [-0.1, -0.05) is 0 Å². The van der Waals surface area contributed by atoms with Crippen molar-refractivity contribution in [3.05, 3.63) is 11.1 Å². The third kappa shape index (κ3) is 2.57. The Morgan fingerprint density at radius 2 is 2.12 bits per heavy atom. The summed E-state index contributed by atoms with van der Waals surface area (Å²) in [6.07, 6.45) is 3.39. The zero-order valence-corrected chi connectivity index (χ0v) is 11.5. The maximum absolute atomic E-state index is 11.7. The first-order chi connectivity index (χ1) is 7.50. The van der Waals surface area contributed by atoms with Crippen LogP contribution in [0.4, 0.5) is 5.13 Å². The van der Waals surface area contributed by atoms with E-state index in [2.05, 4.69) is 9.71 Å². The van der Waals surface area contributed by atoms with E-state index >= 15 is 0 Å². The highest BCUT2D eigenvalue weighted by atomic mass is 35.5. The predicted octanol–water partition coefficient (Wildman–Crippen LogP) is 1.42. The first kappa shape index (κ1) is 13.1. The molecule has 1 heterocycles. The fourth-order valence-electron chi connectivity index (χ4n) is 1.52. The molecule has 3 N–H and O–H groups in total. The minimum Gasteiger partial charge on any atom is -0.320 e. The van der Waals surface area contributed by atoms with Gasteiger partial charge in [0.1, 0.15) is 0 Å². The molecule has 2 aliphatic rings. The third-order valence-electron chi connectivity index (χ3n) is 3.00. The molecule has 0 spiro atoms. The van der Waals surface area contributed by atoms with Gasteiger partial charge >= 0.3 is 0 Å². The van der Waals surface area contributed by atoms with Crippen molar-refractivity contribution >= 4 is 38.9 Å². The van der Waals surface area contributed by atoms with Crippen LogP contribution in [0.5, 0.6) is 0 Å². The van der Waals surface area contributed by atoms with E-state index in [0.29, 0.717) is 5.13 Å².